The maximum atomic E-state index is 13.5. The summed E-state index contributed by atoms with van der Waals surface area (Å²) in [5, 5.41) is 3.16. The SMILES string of the molecule is C=CCn1c(SCC(=O)c2cc(C)n(C3CC3)c2C)nc2scc(-c3ccccc3)c2c1=O. The van der Waals surface area contributed by atoms with Gasteiger partial charge in [-0.05, 0) is 38.3 Å². The highest BCUT2D eigenvalue weighted by Gasteiger charge is 2.28. The van der Waals surface area contributed by atoms with Gasteiger partial charge < -0.3 is 4.57 Å². The molecule has 0 amide bonds. The lowest BCUT2D eigenvalue weighted by molar-refractivity contribution is 0.102. The van der Waals surface area contributed by atoms with Crippen LogP contribution in [0, 0.1) is 13.8 Å². The van der Waals surface area contributed by atoms with Crippen LogP contribution in [0.1, 0.15) is 40.6 Å². The van der Waals surface area contributed by atoms with Gasteiger partial charge in [-0.2, -0.15) is 0 Å². The maximum Gasteiger partial charge on any atom is 0.263 e. The number of ketones is 1. The number of aryl methyl sites for hydroxylation is 1. The third kappa shape index (κ3) is 4.00. The summed E-state index contributed by atoms with van der Waals surface area (Å²) in [4.78, 5) is 32.0. The van der Waals surface area contributed by atoms with Crippen LogP contribution in [-0.4, -0.2) is 25.7 Å². The number of benzene rings is 1. The Balaban J connectivity index is 1.48. The number of carbonyl (C=O) groups excluding carboxylic acids is 1. The highest BCUT2D eigenvalue weighted by Crippen LogP contribution is 2.38. The lowest BCUT2D eigenvalue weighted by atomic mass is 10.1. The van der Waals surface area contributed by atoms with Crippen molar-refractivity contribution in [3.8, 4) is 11.1 Å². The average molecular weight is 476 g/mol. The van der Waals surface area contributed by atoms with Crippen LogP contribution in [0.15, 0.2) is 64.4 Å². The van der Waals surface area contributed by atoms with E-state index in [0.717, 1.165) is 28.1 Å². The first kappa shape index (κ1) is 21.9. The molecule has 5 rings (SSSR count). The van der Waals surface area contributed by atoms with Gasteiger partial charge in [-0.15, -0.1) is 17.9 Å². The first-order chi connectivity index (χ1) is 16.0. The molecule has 7 heteroatoms. The monoisotopic (exact) mass is 475 g/mol. The number of nitrogens with zero attached hydrogens (tertiary/aromatic N) is 3. The fraction of sp³-hybridized carbons (Fsp3) is 0.269. The zero-order valence-electron chi connectivity index (χ0n) is 18.7. The molecule has 0 radical (unpaired) electrons. The predicted molar refractivity (Wildman–Crippen MR) is 137 cm³/mol. The fourth-order valence-corrected chi connectivity index (χ4v) is 6.28. The van der Waals surface area contributed by atoms with Crippen LogP contribution in [0.4, 0.5) is 0 Å². The fourth-order valence-electron chi connectivity index (χ4n) is 4.40. The van der Waals surface area contributed by atoms with E-state index in [-0.39, 0.29) is 17.1 Å². The van der Waals surface area contributed by atoms with E-state index >= 15 is 0 Å². The molecule has 5 nitrogen and oxygen atoms in total. The summed E-state index contributed by atoms with van der Waals surface area (Å²) in [6.07, 6.45) is 4.06. The summed E-state index contributed by atoms with van der Waals surface area (Å²) >= 11 is 2.78. The summed E-state index contributed by atoms with van der Waals surface area (Å²) in [6.45, 7) is 8.25. The maximum absolute atomic E-state index is 13.5. The molecule has 3 aromatic heterocycles. The van der Waals surface area contributed by atoms with E-state index in [9.17, 15) is 9.59 Å². The third-order valence-electron chi connectivity index (χ3n) is 6.08. The number of thiophene rings is 1. The lowest BCUT2D eigenvalue weighted by Crippen LogP contribution is -2.23. The van der Waals surface area contributed by atoms with Gasteiger partial charge in [-0.3, -0.25) is 14.2 Å². The molecule has 0 spiro atoms. The number of hydrogen-bond donors (Lipinski definition) is 0. The van der Waals surface area contributed by atoms with E-state index in [0.29, 0.717) is 28.0 Å². The van der Waals surface area contributed by atoms with Crippen LogP contribution < -0.4 is 5.56 Å². The van der Waals surface area contributed by atoms with Gasteiger partial charge in [0.15, 0.2) is 10.9 Å². The standard InChI is InChI=1S/C26H25N3O2S2/c1-4-12-28-25(31)23-21(18-8-6-5-7-9-18)14-32-24(23)27-26(28)33-15-22(30)20-13-16(2)29(17(20)3)19-10-11-19/h4-9,13-14,19H,1,10-12,15H2,2-3H3. The Labute approximate surface area is 200 Å². The molecule has 1 aliphatic rings. The summed E-state index contributed by atoms with van der Waals surface area (Å²) in [6, 6.07) is 12.4. The Kier molecular flexibility index (Phi) is 5.85. The first-order valence-electron chi connectivity index (χ1n) is 11.0. The first-order valence-corrected chi connectivity index (χ1v) is 12.9. The number of aromatic nitrogens is 3. The zero-order valence-corrected chi connectivity index (χ0v) is 20.3. The molecular formula is C26H25N3O2S2. The Hall–Kier alpha value is -2.90. The second kappa shape index (κ2) is 8.80. The molecule has 4 aromatic rings. The molecule has 33 heavy (non-hydrogen) atoms. The number of carbonyl (C=O) groups is 1. The van der Waals surface area contributed by atoms with E-state index in [1.54, 1.807) is 10.6 Å². The van der Waals surface area contributed by atoms with Crippen LogP contribution in [0.5, 0.6) is 0 Å². The molecule has 1 saturated carbocycles. The van der Waals surface area contributed by atoms with Crippen LogP contribution in [0.2, 0.25) is 0 Å². The smallest absolute Gasteiger partial charge is 0.263 e. The van der Waals surface area contributed by atoms with Crippen molar-refractivity contribution in [2.75, 3.05) is 5.75 Å². The zero-order chi connectivity index (χ0) is 23.1. The van der Waals surface area contributed by atoms with Crippen LogP contribution in [0.3, 0.4) is 0 Å². The summed E-state index contributed by atoms with van der Waals surface area (Å²) in [5.41, 5.74) is 4.74. The molecule has 0 N–H and O–H groups in total. The van der Waals surface area contributed by atoms with Gasteiger partial charge in [0.2, 0.25) is 0 Å². The highest BCUT2D eigenvalue weighted by atomic mass is 32.2. The Morgan fingerprint density at radius 2 is 2.03 bits per heavy atom. The van der Waals surface area contributed by atoms with E-state index in [1.807, 2.05) is 48.7 Å². The van der Waals surface area contributed by atoms with Crippen molar-refractivity contribution < 1.29 is 4.79 Å². The minimum atomic E-state index is -0.0955. The van der Waals surface area contributed by atoms with E-state index in [1.165, 1.54) is 35.9 Å². The quantitative estimate of drug-likeness (QED) is 0.135. The van der Waals surface area contributed by atoms with Crippen molar-refractivity contribution in [3.05, 3.63) is 81.7 Å². The van der Waals surface area contributed by atoms with Gasteiger partial charge in [0.05, 0.1) is 11.1 Å². The molecule has 0 bridgehead atoms. The molecule has 0 saturated heterocycles. The van der Waals surface area contributed by atoms with Crippen molar-refractivity contribution in [1.82, 2.24) is 14.1 Å². The van der Waals surface area contributed by atoms with E-state index in [4.69, 9.17) is 4.98 Å². The topological polar surface area (TPSA) is 56.9 Å². The number of rotatable bonds is 8. The molecule has 3 heterocycles. The largest absolute Gasteiger partial charge is 0.345 e. The second-order valence-electron chi connectivity index (χ2n) is 8.39. The number of Topliss-reactive ketones (excluding diaryl/α,β-unsaturated/α-hetero) is 1. The number of thioether (sulfide) groups is 1. The summed E-state index contributed by atoms with van der Waals surface area (Å²) in [5.74, 6) is 0.302. The van der Waals surface area contributed by atoms with E-state index < -0.39 is 0 Å². The number of allylic oxidation sites excluding steroid dienone is 1. The summed E-state index contributed by atoms with van der Waals surface area (Å²) in [7, 11) is 0. The van der Waals surface area contributed by atoms with Gasteiger partial charge in [0.25, 0.3) is 5.56 Å². The average Bonchev–Trinajstić information content (AvgIpc) is 3.48. The number of hydrogen-bond acceptors (Lipinski definition) is 5. The third-order valence-corrected chi connectivity index (χ3v) is 7.93. The van der Waals surface area contributed by atoms with Gasteiger partial charge >= 0.3 is 0 Å². The molecule has 1 aromatic carbocycles. The lowest BCUT2D eigenvalue weighted by Gasteiger charge is -2.11. The van der Waals surface area contributed by atoms with Crippen LogP contribution in [0.25, 0.3) is 21.3 Å². The van der Waals surface area contributed by atoms with Crippen molar-refractivity contribution in [3.63, 3.8) is 0 Å². The minimum absolute atomic E-state index is 0.0654. The molecule has 168 valence electrons. The normalized spacial score (nSPS) is 13.5. The van der Waals surface area contributed by atoms with Crippen molar-refractivity contribution in [2.24, 2.45) is 0 Å². The minimum Gasteiger partial charge on any atom is -0.345 e. The van der Waals surface area contributed by atoms with Crippen molar-refractivity contribution >= 4 is 39.1 Å². The summed E-state index contributed by atoms with van der Waals surface area (Å²) < 4.78 is 3.91. The molecule has 0 atom stereocenters. The Morgan fingerprint density at radius 1 is 1.27 bits per heavy atom. The Bertz CT molecular complexity index is 1430. The highest BCUT2D eigenvalue weighted by molar-refractivity contribution is 7.99. The van der Waals surface area contributed by atoms with Crippen molar-refractivity contribution in [1.29, 1.82) is 0 Å². The van der Waals surface area contributed by atoms with Gasteiger partial charge in [-0.1, -0.05) is 48.2 Å². The number of fused-ring (bicyclic) bond motifs is 1. The molecular weight excluding hydrogens is 450 g/mol. The van der Waals surface area contributed by atoms with Gasteiger partial charge in [-0.25, -0.2) is 4.98 Å². The molecule has 1 fully saturated rings. The van der Waals surface area contributed by atoms with Crippen LogP contribution in [-0.2, 0) is 6.54 Å². The van der Waals surface area contributed by atoms with Crippen molar-refractivity contribution in [2.45, 2.75) is 44.4 Å². The molecule has 0 unspecified atom stereocenters. The predicted octanol–water partition coefficient (Wildman–Crippen LogP) is 6.04. The molecule has 0 aliphatic heterocycles. The van der Waals surface area contributed by atoms with E-state index in [2.05, 4.69) is 18.1 Å². The Morgan fingerprint density at radius 3 is 2.73 bits per heavy atom. The second-order valence-corrected chi connectivity index (χ2v) is 10.2. The molecule has 1 aliphatic carbocycles. The van der Waals surface area contributed by atoms with Crippen LogP contribution >= 0.6 is 23.1 Å². The van der Waals surface area contributed by atoms with Gasteiger partial charge in [0, 0.05) is 40.5 Å². The van der Waals surface area contributed by atoms with Gasteiger partial charge in [0.1, 0.15) is 4.83 Å².